The fourth-order valence-electron chi connectivity index (χ4n) is 2.44. The number of pyridine rings is 1. The van der Waals surface area contributed by atoms with Crippen molar-refractivity contribution in [1.29, 1.82) is 0 Å². The fraction of sp³-hybridized carbons (Fsp3) is 0.100. The Kier molecular flexibility index (Phi) is 5.53. The Hall–Kier alpha value is -3.28. The number of aromatic nitrogens is 1. The minimum Gasteiger partial charge on any atom is -0.370 e. The van der Waals surface area contributed by atoms with E-state index in [4.69, 9.17) is 0 Å². The minimum absolute atomic E-state index is 0.0282. The molecule has 2 N–H and O–H groups in total. The number of rotatable bonds is 6. The van der Waals surface area contributed by atoms with Crippen LogP contribution in [0.2, 0.25) is 0 Å². The van der Waals surface area contributed by atoms with Crippen LogP contribution in [0.4, 0.5) is 20.3 Å². The van der Waals surface area contributed by atoms with Gasteiger partial charge in [-0.05, 0) is 42.3 Å². The van der Waals surface area contributed by atoms with E-state index in [0.717, 1.165) is 0 Å². The highest BCUT2D eigenvalue weighted by Gasteiger charge is 2.11. The van der Waals surface area contributed by atoms with Gasteiger partial charge < -0.3 is 10.6 Å². The molecular weight excluding hydrogens is 336 g/mol. The van der Waals surface area contributed by atoms with Crippen molar-refractivity contribution in [2.45, 2.75) is 6.42 Å². The number of hydrogen-bond donors (Lipinski definition) is 2. The molecule has 2 aromatic carbocycles. The Balaban J connectivity index is 1.54. The predicted molar refractivity (Wildman–Crippen MR) is 97.2 cm³/mol. The first kappa shape index (κ1) is 17.5. The molecular formula is C20H17F2N3O. The third kappa shape index (κ3) is 4.42. The summed E-state index contributed by atoms with van der Waals surface area (Å²) in [7, 11) is 0. The van der Waals surface area contributed by atoms with Crippen LogP contribution in [0.15, 0.2) is 66.9 Å². The molecule has 0 saturated carbocycles. The second-order valence-electron chi connectivity index (χ2n) is 5.63. The van der Waals surface area contributed by atoms with E-state index in [-0.39, 0.29) is 11.4 Å². The number of carbonyl (C=O) groups excluding carboxylic acids is 1. The van der Waals surface area contributed by atoms with Crippen LogP contribution in [0.1, 0.15) is 15.9 Å². The van der Waals surface area contributed by atoms with Gasteiger partial charge >= 0.3 is 0 Å². The van der Waals surface area contributed by atoms with Gasteiger partial charge in [-0.2, -0.15) is 0 Å². The number of halogens is 2. The first-order chi connectivity index (χ1) is 12.6. The second kappa shape index (κ2) is 8.20. The van der Waals surface area contributed by atoms with Gasteiger partial charge in [0.05, 0.1) is 17.4 Å². The summed E-state index contributed by atoms with van der Waals surface area (Å²) in [5, 5.41) is 5.69. The average molecular weight is 353 g/mol. The van der Waals surface area contributed by atoms with Crippen molar-refractivity contribution in [3.05, 3.63) is 89.6 Å². The summed E-state index contributed by atoms with van der Waals surface area (Å²) in [5.74, 6) is -0.742. The number of carbonyl (C=O) groups is 1. The minimum atomic E-state index is -0.579. The van der Waals surface area contributed by atoms with Gasteiger partial charge in [0.25, 0.3) is 5.91 Å². The van der Waals surface area contributed by atoms with Gasteiger partial charge in [-0.1, -0.05) is 30.3 Å². The van der Waals surface area contributed by atoms with Gasteiger partial charge in [0.2, 0.25) is 0 Å². The Labute approximate surface area is 149 Å². The third-order valence-corrected chi connectivity index (χ3v) is 3.80. The molecule has 0 aliphatic heterocycles. The van der Waals surface area contributed by atoms with Crippen molar-refractivity contribution in [1.82, 2.24) is 4.98 Å². The molecule has 3 aromatic rings. The molecule has 0 spiro atoms. The molecule has 0 radical (unpaired) electrons. The number of amides is 1. The van der Waals surface area contributed by atoms with Crippen LogP contribution < -0.4 is 10.6 Å². The summed E-state index contributed by atoms with van der Waals surface area (Å²) in [6.45, 7) is 0.523. The van der Waals surface area contributed by atoms with Gasteiger partial charge in [-0.25, -0.2) is 13.8 Å². The van der Waals surface area contributed by atoms with Crippen molar-refractivity contribution in [2.24, 2.45) is 0 Å². The second-order valence-corrected chi connectivity index (χ2v) is 5.63. The first-order valence-corrected chi connectivity index (χ1v) is 8.13. The van der Waals surface area contributed by atoms with Crippen LogP contribution in [0.3, 0.4) is 0 Å². The van der Waals surface area contributed by atoms with Gasteiger partial charge in [0.15, 0.2) is 0 Å². The average Bonchev–Trinajstić information content (AvgIpc) is 2.65. The maximum absolute atomic E-state index is 13.6. The molecule has 26 heavy (non-hydrogen) atoms. The lowest BCUT2D eigenvalue weighted by molar-refractivity contribution is 0.102. The number of hydrogen-bond acceptors (Lipinski definition) is 3. The van der Waals surface area contributed by atoms with Crippen LogP contribution in [0.5, 0.6) is 0 Å². The van der Waals surface area contributed by atoms with Crippen LogP contribution >= 0.6 is 0 Å². The summed E-state index contributed by atoms with van der Waals surface area (Å²) >= 11 is 0. The topological polar surface area (TPSA) is 54.0 Å². The zero-order chi connectivity index (χ0) is 18.4. The van der Waals surface area contributed by atoms with Gasteiger partial charge in [-0.3, -0.25) is 4.79 Å². The smallest absolute Gasteiger partial charge is 0.258 e. The van der Waals surface area contributed by atoms with E-state index in [9.17, 15) is 13.6 Å². The Morgan fingerprint density at radius 2 is 1.65 bits per heavy atom. The van der Waals surface area contributed by atoms with Crippen molar-refractivity contribution in [3.63, 3.8) is 0 Å². The molecule has 0 aliphatic rings. The molecule has 1 amide bonds. The lowest BCUT2D eigenvalue weighted by Crippen LogP contribution is -2.14. The zero-order valence-electron chi connectivity index (χ0n) is 13.9. The SMILES string of the molecule is O=C(Nc1ccc(NCCc2ccccc2F)nc1)c1ccccc1F. The first-order valence-electron chi connectivity index (χ1n) is 8.13. The summed E-state index contributed by atoms with van der Waals surface area (Å²) in [6.07, 6.45) is 2.00. The molecule has 0 aliphatic carbocycles. The summed E-state index contributed by atoms with van der Waals surface area (Å²) < 4.78 is 27.1. The van der Waals surface area contributed by atoms with E-state index in [2.05, 4.69) is 15.6 Å². The molecule has 6 heteroatoms. The normalized spacial score (nSPS) is 10.4. The quantitative estimate of drug-likeness (QED) is 0.696. The molecule has 0 fully saturated rings. The lowest BCUT2D eigenvalue weighted by Gasteiger charge is -2.09. The maximum atomic E-state index is 13.6. The maximum Gasteiger partial charge on any atom is 0.258 e. The molecule has 1 aromatic heterocycles. The van der Waals surface area contributed by atoms with E-state index in [1.165, 1.54) is 30.5 Å². The summed E-state index contributed by atoms with van der Waals surface area (Å²) in [6, 6.07) is 15.7. The molecule has 0 bridgehead atoms. The van der Waals surface area contributed by atoms with E-state index < -0.39 is 11.7 Å². The Morgan fingerprint density at radius 3 is 2.35 bits per heavy atom. The molecule has 0 unspecified atom stereocenters. The lowest BCUT2D eigenvalue weighted by atomic mass is 10.1. The molecule has 0 saturated heterocycles. The molecule has 3 rings (SSSR count). The number of benzene rings is 2. The van der Waals surface area contributed by atoms with Gasteiger partial charge in [0.1, 0.15) is 17.5 Å². The zero-order valence-corrected chi connectivity index (χ0v) is 13.9. The highest BCUT2D eigenvalue weighted by Crippen LogP contribution is 2.14. The van der Waals surface area contributed by atoms with Crippen LogP contribution in [-0.2, 0) is 6.42 Å². The summed E-state index contributed by atoms with van der Waals surface area (Å²) in [5.41, 5.74) is 1.06. The van der Waals surface area contributed by atoms with E-state index >= 15 is 0 Å². The van der Waals surface area contributed by atoms with Crippen LogP contribution in [0.25, 0.3) is 0 Å². The standard InChI is InChI=1S/C20H17F2N3O/c21-17-7-3-1-5-14(17)11-12-23-19-10-9-15(13-24-19)25-20(26)16-6-2-4-8-18(16)22/h1-10,13H,11-12H2,(H,23,24)(H,25,26). The summed E-state index contributed by atoms with van der Waals surface area (Å²) in [4.78, 5) is 16.2. The Bertz CT molecular complexity index is 898. The molecule has 4 nitrogen and oxygen atoms in total. The molecule has 0 atom stereocenters. The van der Waals surface area contributed by atoms with Crippen molar-refractivity contribution >= 4 is 17.4 Å². The largest absolute Gasteiger partial charge is 0.370 e. The van der Waals surface area contributed by atoms with Crippen molar-refractivity contribution in [2.75, 3.05) is 17.2 Å². The molecule has 132 valence electrons. The predicted octanol–water partition coefficient (Wildman–Crippen LogP) is 4.27. The highest BCUT2D eigenvalue weighted by molar-refractivity contribution is 6.04. The van der Waals surface area contributed by atoms with E-state index in [1.54, 1.807) is 36.4 Å². The monoisotopic (exact) mass is 353 g/mol. The fourth-order valence-corrected chi connectivity index (χ4v) is 2.44. The van der Waals surface area contributed by atoms with E-state index in [1.807, 2.05) is 0 Å². The number of anilines is 2. The number of nitrogens with one attached hydrogen (secondary N) is 2. The van der Waals surface area contributed by atoms with Gasteiger partial charge in [-0.15, -0.1) is 0 Å². The Morgan fingerprint density at radius 1 is 0.923 bits per heavy atom. The van der Waals surface area contributed by atoms with Gasteiger partial charge in [0, 0.05) is 6.54 Å². The molecule has 1 heterocycles. The van der Waals surface area contributed by atoms with Crippen LogP contribution in [-0.4, -0.2) is 17.4 Å². The third-order valence-electron chi connectivity index (χ3n) is 3.80. The van der Waals surface area contributed by atoms with Crippen LogP contribution in [0, 0.1) is 11.6 Å². The number of nitrogens with zero attached hydrogens (tertiary/aromatic N) is 1. The highest BCUT2D eigenvalue weighted by atomic mass is 19.1. The van der Waals surface area contributed by atoms with Crippen molar-refractivity contribution in [3.8, 4) is 0 Å². The van der Waals surface area contributed by atoms with E-state index in [0.29, 0.717) is 30.0 Å². The van der Waals surface area contributed by atoms with Crippen molar-refractivity contribution < 1.29 is 13.6 Å².